The number of halogens is 6. The second kappa shape index (κ2) is 11.0. The van der Waals surface area contributed by atoms with Gasteiger partial charge in [-0.05, 0) is 48.0 Å². The number of nitrogens with zero attached hydrogens (tertiary/aromatic N) is 1. The summed E-state index contributed by atoms with van der Waals surface area (Å²) in [5, 5.41) is 4.91. The monoisotopic (exact) mass is 530 g/mol. The van der Waals surface area contributed by atoms with Crippen molar-refractivity contribution >= 4 is 46.9 Å². The highest BCUT2D eigenvalue weighted by Gasteiger charge is 2.30. The molecule has 3 aromatic carbocycles. The lowest BCUT2D eigenvalue weighted by atomic mass is 10.1. The molecule has 0 radical (unpaired) electrons. The Bertz CT molecular complexity index is 1230. The molecular weight excluding hydrogens is 516 g/mol. The fourth-order valence-corrected chi connectivity index (χ4v) is 3.55. The van der Waals surface area contributed by atoms with Crippen LogP contribution in [-0.2, 0) is 12.8 Å². The van der Waals surface area contributed by atoms with E-state index >= 15 is 0 Å². The molecule has 3 aromatic rings. The molecule has 0 saturated heterocycles. The average molecular weight is 532 g/mol. The molecule has 0 aliphatic carbocycles. The Morgan fingerprint density at radius 2 is 1.82 bits per heavy atom. The van der Waals surface area contributed by atoms with Gasteiger partial charge in [0.1, 0.15) is 6.61 Å². The smallest absolute Gasteiger partial charge is 0.416 e. The van der Waals surface area contributed by atoms with E-state index in [2.05, 4.69) is 10.5 Å². The predicted octanol–water partition coefficient (Wildman–Crippen LogP) is 7.02. The van der Waals surface area contributed by atoms with E-state index in [-0.39, 0.29) is 22.9 Å². The fraction of sp³-hybridized carbons (Fsp3) is 0.130. The van der Waals surface area contributed by atoms with Gasteiger partial charge < -0.3 is 9.47 Å². The highest BCUT2D eigenvalue weighted by Crippen LogP contribution is 2.37. The molecule has 0 saturated carbocycles. The van der Waals surface area contributed by atoms with Crippen LogP contribution in [0.15, 0.2) is 59.7 Å². The van der Waals surface area contributed by atoms with Gasteiger partial charge in [-0.3, -0.25) is 4.79 Å². The molecule has 178 valence electrons. The zero-order valence-electron chi connectivity index (χ0n) is 17.4. The molecule has 1 N–H and O–H groups in total. The van der Waals surface area contributed by atoms with E-state index in [0.29, 0.717) is 26.9 Å². The van der Waals surface area contributed by atoms with Crippen molar-refractivity contribution in [3.8, 4) is 11.5 Å². The molecule has 5 nitrogen and oxygen atoms in total. The first-order chi connectivity index (χ1) is 16.1. The van der Waals surface area contributed by atoms with Crippen molar-refractivity contribution in [3.05, 3.63) is 91.9 Å². The van der Waals surface area contributed by atoms with Crippen LogP contribution >= 0.6 is 34.8 Å². The van der Waals surface area contributed by atoms with E-state index < -0.39 is 17.6 Å². The Morgan fingerprint density at radius 3 is 2.50 bits per heavy atom. The number of alkyl halides is 3. The van der Waals surface area contributed by atoms with Crippen LogP contribution in [0.5, 0.6) is 11.5 Å². The molecule has 1 amide bonds. The van der Waals surface area contributed by atoms with Crippen LogP contribution in [0.25, 0.3) is 0 Å². The standard InChI is InChI=1S/C23H16Cl3F3N2O3/c1-33-20-8-13(7-19(26)21(20)34-12-15-5-6-17(24)10-18(15)25)11-30-31-22(32)14-3-2-4-16(9-14)23(27,28)29/h2-11H,12H2,1H3,(H,31,32)/b30-11-. The first-order valence-electron chi connectivity index (χ1n) is 9.53. The van der Waals surface area contributed by atoms with Crippen LogP contribution in [0.4, 0.5) is 13.2 Å². The van der Waals surface area contributed by atoms with E-state index in [0.717, 1.165) is 18.2 Å². The molecule has 0 heterocycles. The van der Waals surface area contributed by atoms with Gasteiger partial charge in [-0.1, -0.05) is 46.9 Å². The molecular formula is C23H16Cl3F3N2O3. The fourth-order valence-electron chi connectivity index (χ4n) is 2.81. The lowest BCUT2D eigenvalue weighted by Gasteiger charge is -2.14. The third-order valence-electron chi connectivity index (χ3n) is 4.47. The molecule has 0 aliphatic rings. The maximum absolute atomic E-state index is 12.8. The summed E-state index contributed by atoms with van der Waals surface area (Å²) in [7, 11) is 1.42. The third-order valence-corrected chi connectivity index (χ3v) is 5.34. The van der Waals surface area contributed by atoms with E-state index in [1.165, 1.54) is 25.5 Å². The zero-order valence-corrected chi connectivity index (χ0v) is 19.7. The normalized spacial score (nSPS) is 11.5. The summed E-state index contributed by atoms with van der Waals surface area (Å²) in [4.78, 5) is 12.1. The molecule has 0 spiro atoms. The van der Waals surface area contributed by atoms with Crippen LogP contribution < -0.4 is 14.9 Å². The summed E-state index contributed by atoms with van der Waals surface area (Å²) in [6.45, 7) is 0.104. The Morgan fingerprint density at radius 1 is 1.06 bits per heavy atom. The van der Waals surface area contributed by atoms with Crippen molar-refractivity contribution in [1.82, 2.24) is 5.43 Å². The van der Waals surface area contributed by atoms with E-state index in [1.54, 1.807) is 24.3 Å². The quantitative estimate of drug-likeness (QED) is 0.263. The topological polar surface area (TPSA) is 59.9 Å². The number of hydrogen-bond donors (Lipinski definition) is 1. The van der Waals surface area contributed by atoms with Gasteiger partial charge in [-0.2, -0.15) is 18.3 Å². The molecule has 34 heavy (non-hydrogen) atoms. The Kier molecular flexibility index (Phi) is 8.30. The van der Waals surface area contributed by atoms with E-state index in [9.17, 15) is 18.0 Å². The molecule has 3 rings (SSSR count). The number of nitrogens with one attached hydrogen (secondary N) is 1. The number of ether oxygens (including phenoxy) is 2. The highest BCUT2D eigenvalue weighted by molar-refractivity contribution is 6.35. The van der Waals surface area contributed by atoms with Gasteiger partial charge in [0.15, 0.2) is 11.5 Å². The Balaban J connectivity index is 1.71. The first kappa shape index (κ1) is 25.7. The minimum atomic E-state index is -4.56. The Labute approximate surface area is 208 Å². The number of methoxy groups -OCH3 is 1. The van der Waals surface area contributed by atoms with Crippen LogP contribution in [-0.4, -0.2) is 19.2 Å². The second-order valence-electron chi connectivity index (χ2n) is 6.84. The number of rotatable bonds is 7. The highest BCUT2D eigenvalue weighted by atomic mass is 35.5. The van der Waals surface area contributed by atoms with Gasteiger partial charge in [0, 0.05) is 21.2 Å². The maximum atomic E-state index is 12.8. The van der Waals surface area contributed by atoms with Crippen molar-refractivity contribution in [3.63, 3.8) is 0 Å². The molecule has 0 aliphatic heterocycles. The summed E-state index contributed by atoms with van der Waals surface area (Å²) < 4.78 is 49.6. The minimum absolute atomic E-state index is 0.104. The second-order valence-corrected chi connectivity index (χ2v) is 8.09. The number of carbonyl (C=O) groups is 1. The lowest BCUT2D eigenvalue weighted by molar-refractivity contribution is -0.137. The largest absolute Gasteiger partial charge is 0.493 e. The molecule has 11 heteroatoms. The number of benzene rings is 3. The van der Waals surface area contributed by atoms with Crippen molar-refractivity contribution in [1.29, 1.82) is 0 Å². The van der Waals surface area contributed by atoms with Gasteiger partial charge >= 0.3 is 6.18 Å². The molecule has 0 unspecified atom stereocenters. The van der Waals surface area contributed by atoms with Gasteiger partial charge in [0.2, 0.25) is 0 Å². The molecule has 0 bridgehead atoms. The average Bonchev–Trinajstić information content (AvgIpc) is 2.78. The minimum Gasteiger partial charge on any atom is -0.493 e. The van der Waals surface area contributed by atoms with Gasteiger partial charge in [0.25, 0.3) is 5.91 Å². The molecule has 0 atom stereocenters. The van der Waals surface area contributed by atoms with Crippen molar-refractivity contribution < 1.29 is 27.4 Å². The summed E-state index contributed by atoms with van der Waals surface area (Å²) in [5.74, 6) is -0.246. The zero-order chi connectivity index (χ0) is 24.9. The van der Waals surface area contributed by atoms with E-state index in [1.807, 2.05) is 0 Å². The van der Waals surface area contributed by atoms with Crippen LogP contribution in [0.1, 0.15) is 27.0 Å². The summed E-state index contributed by atoms with van der Waals surface area (Å²) >= 11 is 18.4. The first-order valence-corrected chi connectivity index (χ1v) is 10.7. The van der Waals surface area contributed by atoms with Gasteiger partial charge in [-0.15, -0.1) is 0 Å². The number of hydrazone groups is 1. The SMILES string of the molecule is COc1cc(/C=N\NC(=O)c2cccc(C(F)(F)F)c2)cc(Cl)c1OCc1ccc(Cl)cc1Cl. The van der Waals surface area contributed by atoms with Crippen molar-refractivity contribution in [2.45, 2.75) is 12.8 Å². The van der Waals surface area contributed by atoms with Gasteiger partial charge in [-0.25, -0.2) is 5.43 Å². The number of amides is 1. The summed E-state index contributed by atoms with van der Waals surface area (Å²) in [6.07, 6.45) is -3.30. The van der Waals surface area contributed by atoms with Crippen molar-refractivity contribution in [2.24, 2.45) is 5.10 Å². The lowest BCUT2D eigenvalue weighted by Crippen LogP contribution is -2.18. The van der Waals surface area contributed by atoms with E-state index in [4.69, 9.17) is 44.3 Å². The molecule has 0 aromatic heterocycles. The van der Waals surface area contributed by atoms with Crippen LogP contribution in [0.3, 0.4) is 0 Å². The van der Waals surface area contributed by atoms with Crippen LogP contribution in [0.2, 0.25) is 15.1 Å². The predicted molar refractivity (Wildman–Crippen MR) is 125 cm³/mol. The summed E-state index contributed by atoms with van der Waals surface area (Å²) in [6, 6.07) is 12.1. The Hall–Kier alpha value is -2.94. The van der Waals surface area contributed by atoms with Gasteiger partial charge in [0.05, 0.1) is 23.9 Å². The number of carbonyl (C=O) groups excluding carboxylic acids is 1. The third kappa shape index (κ3) is 6.56. The number of hydrogen-bond acceptors (Lipinski definition) is 4. The van der Waals surface area contributed by atoms with Crippen LogP contribution in [0, 0.1) is 0 Å². The van der Waals surface area contributed by atoms with Crippen molar-refractivity contribution in [2.75, 3.05) is 7.11 Å². The maximum Gasteiger partial charge on any atom is 0.416 e. The molecule has 0 fully saturated rings. The summed E-state index contributed by atoms with van der Waals surface area (Å²) in [5.41, 5.74) is 2.19.